The quantitative estimate of drug-likeness (QED) is 0.799. The average molecular weight is 288 g/mol. The van der Waals surface area contributed by atoms with Crippen molar-refractivity contribution in [2.45, 2.75) is 19.4 Å². The summed E-state index contributed by atoms with van der Waals surface area (Å²) in [7, 11) is 1.54. The van der Waals surface area contributed by atoms with Crippen LogP contribution in [0.1, 0.15) is 30.6 Å². The van der Waals surface area contributed by atoms with Crippen molar-refractivity contribution in [3.05, 3.63) is 47.8 Å². The summed E-state index contributed by atoms with van der Waals surface area (Å²) in [5.74, 6) is 1.17. The number of benzene rings is 1. The predicted molar refractivity (Wildman–Crippen MR) is 81.5 cm³/mol. The Kier molecular flexibility index (Phi) is 5.00. The molecule has 1 heterocycles. The van der Waals surface area contributed by atoms with Crippen LogP contribution in [0.3, 0.4) is 0 Å². The molecule has 0 radical (unpaired) electrons. The fourth-order valence-corrected chi connectivity index (χ4v) is 2.04. The van der Waals surface area contributed by atoms with Gasteiger partial charge in [-0.05, 0) is 18.6 Å². The standard InChI is InChI=1S/C16H20N2O3/c1-3-7-21-12-8-11(9-18-10-12)16(19)13-5-4-6-14(20-2)15(13)17/h4-6,8-10,16,19H,3,7,17H2,1-2H3. The molecule has 0 saturated heterocycles. The van der Waals surface area contributed by atoms with Crippen LogP contribution in [0, 0.1) is 0 Å². The number of hydrogen-bond donors (Lipinski definition) is 2. The van der Waals surface area contributed by atoms with Crippen LogP contribution in [0.15, 0.2) is 36.7 Å². The van der Waals surface area contributed by atoms with E-state index in [-0.39, 0.29) is 0 Å². The van der Waals surface area contributed by atoms with Crippen LogP contribution in [0.2, 0.25) is 0 Å². The van der Waals surface area contributed by atoms with Gasteiger partial charge in [0.25, 0.3) is 0 Å². The zero-order valence-corrected chi connectivity index (χ0v) is 12.2. The summed E-state index contributed by atoms with van der Waals surface area (Å²) in [5, 5.41) is 10.5. The molecule has 21 heavy (non-hydrogen) atoms. The van der Waals surface area contributed by atoms with E-state index in [0.29, 0.717) is 34.9 Å². The third-order valence-corrected chi connectivity index (χ3v) is 3.14. The Bertz CT molecular complexity index is 602. The molecule has 5 heteroatoms. The molecule has 0 aliphatic rings. The minimum Gasteiger partial charge on any atom is -0.495 e. The lowest BCUT2D eigenvalue weighted by Crippen LogP contribution is -2.06. The van der Waals surface area contributed by atoms with E-state index in [4.69, 9.17) is 15.2 Å². The van der Waals surface area contributed by atoms with E-state index in [1.165, 1.54) is 0 Å². The Balaban J connectivity index is 2.29. The number of aliphatic hydroxyl groups excluding tert-OH is 1. The van der Waals surface area contributed by atoms with Crippen LogP contribution >= 0.6 is 0 Å². The highest BCUT2D eigenvalue weighted by Crippen LogP contribution is 2.33. The number of nitrogen functional groups attached to an aromatic ring is 1. The summed E-state index contributed by atoms with van der Waals surface area (Å²) in [5.41, 5.74) is 7.65. The van der Waals surface area contributed by atoms with Crippen molar-refractivity contribution in [3.8, 4) is 11.5 Å². The first-order valence-corrected chi connectivity index (χ1v) is 6.85. The first kappa shape index (κ1) is 15.1. The summed E-state index contributed by atoms with van der Waals surface area (Å²) in [4.78, 5) is 4.10. The molecule has 0 amide bonds. The van der Waals surface area contributed by atoms with Gasteiger partial charge in [0, 0.05) is 17.3 Å². The number of nitrogens with zero attached hydrogens (tertiary/aromatic N) is 1. The lowest BCUT2D eigenvalue weighted by Gasteiger charge is -2.16. The predicted octanol–water partition coefficient (Wildman–Crippen LogP) is 2.54. The van der Waals surface area contributed by atoms with Crippen molar-refractivity contribution in [1.82, 2.24) is 4.98 Å². The van der Waals surface area contributed by atoms with Crippen molar-refractivity contribution >= 4 is 5.69 Å². The molecule has 0 bridgehead atoms. The lowest BCUT2D eigenvalue weighted by atomic mass is 10.0. The fraction of sp³-hybridized carbons (Fsp3) is 0.312. The first-order chi connectivity index (χ1) is 10.2. The number of methoxy groups -OCH3 is 1. The van der Waals surface area contributed by atoms with Gasteiger partial charge < -0.3 is 20.3 Å². The molecule has 5 nitrogen and oxygen atoms in total. The van der Waals surface area contributed by atoms with E-state index < -0.39 is 6.10 Å². The number of pyridine rings is 1. The number of rotatable bonds is 6. The number of para-hydroxylation sites is 1. The number of aliphatic hydroxyl groups is 1. The molecule has 2 rings (SSSR count). The normalized spacial score (nSPS) is 12.0. The highest BCUT2D eigenvalue weighted by atomic mass is 16.5. The molecular weight excluding hydrogens is 268 g/mol. The largest absolute Gasteiger partial charge is 0.495 e. The van der Waals surface area contributed by atoms with Gasteiger partial charge in [-0.2, -0.15) is 0 Å². The maximum atomic E-state index is 10.5. The number of nitrogens with two attached hydrogens (primary N) is 1. The molecule has 112 valence electrons. The van der Waals surface area contributed by atoms with Gasteiger partial charge >= 0.3 is 0 Å². The molecule has 1 aromatic carbocycles. The Labute approximate surface area is 124 Å². The fourth-order valence-electron chi connectivity index (χ4n) is 2.04. The summed E-state index contributed by atoms with van der Waals surface area (Å²) in [6, 6.07) is 7.08. The van der Waals surface area contributed by atoms with Crippen LogP contribution in [0.5, 0.6) is 11.5 Å². The Morgan fingerprint density at radius 3 is 2.86 bits per heavy atom. The van der Waals surface area contributed by atoms with Gasteiger partial charge in [0.05, 0.1) is 25.6 Å². The summed E-state index contributed by atoms with van der Waals surface area (Å²) in [6.07, 6.45) is 3.26. The first-order valence-electron chi connectivity index (χ1n) is 6.85. The van der Waals surface area contributed by atoms with Crippen molar-refractivity contribution in [2.75, 3.05) is 19.5 Å². The summed E-state index contributed by atoms with van der Waals surface area (Å²) in [6.45, 7) is 2.64. The molecule has 2 aromatic rings. The Morgan fingerprint density at radius 1 is 1.33 bits per heavy atom. The van der Waals surface area contributed by atoms with Crippen LogP contribution < -0.4 is 15.2 Å². The number of anilines is 1. The number of aromatic nitrogens is 1. The van der Waals surface area contributed by atoms with E-state index in [2.05, 4.69) is 4.98 Å². The highest BCUT2D eigenvalue weighted by molar-refractivity contribution is 5.60. The van der Waals surface area contributed by atoms with Gasteiger partial charge in [-0.3, -0.25) is 4.98 Å². The van der Waals surface area contributed by atoms with Crippen molar-refractivity contribution in [1.29, 1.82) is 0 Å². The van der Waals surface area contributed by atoms with Crippen molar-refractivity contribution < 1.29 is 14.6 Å². The zero-order chi connectivity index (χ0) is 15.2. The van der Waals surface area contributed by atoms with E-state index in [1.54, 1.807) is 43.8 Å². The van der Waals surface area contributed by atoms with Gasteiger partial charge in [0.15, 0.2) is 0 Å². The molecule has 0 fully saturated rings. The van der Waals surface area contributed by atoms with Gasteiger partial charge in [-0.25, -0.2) is 0 Å². The second-order valence-electron chi connectivity index (χ2n) is 4.67. The second kappa shape index (κ2) is 6.95. The second-order valence-corrected chi connectivity index (χ2v) is 4.67. The van der Waals surface area contributed by atoms with Crippen LogP contribution in [0.25, 0.3) is 0 Å². The molecular formula is C16H20N2O3. The topological polar surface area (TPSA) is 77.6 Å². The minimum atomic E-state index is -0.877. The van der Waals surface area contributed by atoms with Crippen molar-refractivity contribution in [3.63, 3.8) is 0 Å². The smallest absolute Gasteiger partial charge is 0.142 e. The molecule has 0 aliphatic carbocycles. The van der Waals surface area contributed by atoms with E-state index >= 15 is 0 Å². The maximum absolute atomic E-state index is 10.5. The number of ether oxygens (including phenoxy) is 2. The van der Waals surface area contributed by atoms with Gasteiger partial charge in [0.2, 0.25) is 0 Å². The number of hydrogen-bond acceptors (Lipinski definition) is 5. The monoisotopic (exact) mass is 288 g/mol. The molecule has 1 atom stereocenters. The van der Waals surface area contributed by atoms with Crippen LogP contribution in [0.4, 0.5) is 5.69 Å². The maximum Gasteiger partial charge on any atom is 0.142 e. The van der Waals surface area contributed by atoms with Gasteiger partial charge in [-0.1, -0.05) is 19.1 Å². The van der Waals surface area contributed by atoms with E-state index in [0.717, 1.165) is 6.42 Å². The van der Waals surface area contributed by atoms with Gasteiger partial charge in [-0.15, -0.1) is 0 Å². The third kappa shape index (κ3) is 3.44. The van der Waals surface area contributed by atoms with Gasteiger partial charge in [0.1, 0.15) is 17.6 Å². The summed E-state index contributed by atoms with van der Waals surface area (Å²) < 4.78 is 10.7. The lowest BCUT2D eigenvalue weighted by molar-refractivity contribution is 0.219. The average Bonchev–Trinajstić information content (AvgIpc) is 2.53. The molecule has 0 spiro atoms. The third-order valence-electron chi connectivity index (χ3n) is 3.14. The molecule has 1 aromatic heterocycles. The van der Waals surface area contributed by atoms with E-state index in [1.807, 2.05) is 6.92 Å². The van der Waals surface area contributed by atoms with Crippen LogP contribution in [-0.2, 0) is 0 Å². The Morgan fingerprint density at radius 2 is 2.14 bits per heavy atom. The summed E-state index contributed by atoms with van der Waals surface area (Å²) >= 11 is 0. The molecule has 3 N–H and O–H groups in total. The van der Waals surface area contributed by atoms with E-state index in [9.17, 15) is 5.11 Å². The van der Waals surface area contributed by atoms with Crippen LogP contribution in [-0.4, -0.2) is 23.8 Å². The minimum absolute atomic E-state index is 0.423. The molecule has 0 saturated carbocycles. The molecule has 0 aliphatic heterocycles. The van der Waals surface area contributed by atoms with Crippen molar-refractivity contribution in [2.24, 2.45) is 0 Å². The highest BCUT2D eigenvalue weighted by Gasteiger charge is 2.17. The molecule has 1 unspecified atom stereocenters. The zero-order valence-electron chi connectivity index (χ0n) is 12.2. The SMILES string of the molecule is CCCOc1cncc(C(O)c2cccc(OC)c2N)c1. The Hall–Kier alpha value is -2.27.